The van der Waals surface area contributed by atoms with E-state index >= 15 is 0 Å². The topological polar surface area (TPSA) is 49.9 Å². The fourth-order valence-electron chi connectivity index (χ4n) is 3.16. The summed E-state index contributed by atoms with van der Waals surface area (Å²) in [4.78, 5) is 28.4. The molecule has 28 heavy (non-hydrogen) atoms. The van der Waals surface area contributed by atoms with Gasteiger partial charge in [-0.1, -0.05) is 48.0 Å². The molecule has 1 saturated heterocycles. The fraction of sp³-hybridized carbons (Fsp3) is 0.364. The lowest BCUT2D eigenvalue weighted by atomic mass is 10.1. The number of carbonyl (C=O) groups is 2. The van der Waals surface area contributed by atoms with Crippen LogP contribution in [-0.2, 0) is 16.0 Å². The van der Waals surface area contributed by atoms with Crippen molar-refractivity contribution >= 4 is 23.4 Å². The molecule has 0 unspecified atom stereocenters. The van der Waals surface area contributed by atoms with E-state index in [0.717, 1.165) is 17.5 Å². The van der Waals surface area contributed by atoms with Crippen molar-refractivity contribution in [2.75, 3.05) is 32.8 Å². The molecule has 0 saturated carbocycles. The first-order valence-electron chi connectivity index (χ1n) is 9.51. The highest BCUT2D eigenvalue weighted by Gasteiger charge is 2.24. The molecule has 1 aliphatic heterocycles. The van der Waals surface area contributed by atoms with Gasteiger partial charge in [-0.3, -0.25) is 9.59 Å². The van der Waals surface area contributed by atoms with E-state index in [1.807, 2.05) is 48.2 Å². The van der Waals surface area contributed by atoms with Crippen LogP contribution in [0, 0.1) is 6.92 Å². The van der Waals surface area contributed by atoms with Crippen molar-refractivity contribution in [3.8, 4) is 5.75 Å². The van der Waals surface area contributed by atoms with Crippen LogP contribution >= 0.6 is 11.6 Å². The van der Waals surface area contributed by atoms with Crippen molar-refractivity contribution in [3.05, 3.63) is 64.7 Å². The van der Waals surface area contributed by atoms with Crippen LogP contribution in [-0.4, -0.2) is 54.4 Å². The summed E-state index contributed by atoms with van der Waals surface area (Å²) in [6.45, 7) is 4.09. The van der Waals surface area contributed by atoms with Crippen LogP contribution in [0.25, 0.3) is 0 Å². The SMILES string of the molecule is Cc1ccc(OCC(=O)N2CCN(C(=O)CCc3ccccc3)CC2)cc1Cl. The maximum Gasteiger partial charge on any atom is 0.260 e. The molecule has 0 bridgehead atoms. The Morgan fingerprint density at radius 1 is 0.964 bits per heavy atom. The third kappa shape index (κ3) is 5.49. The number of hydrogen-bond donors (Lipinski definition) is 0. The molecular formula is C22H25ClN2O3. The molecule has 2 aromatic carbocycles. The van der Waals surface area contributed by atoms with Crippen molar-refractivity contribution in [2.24, 2.45) is 0 Å². The second-order valence-corrected chi connectivity index (χ2v) is 7.35. The van der Waals surface area contributed by atoms with E-state index in [-0.39, 0.29) is 18.4 Å². The summed E-state index contributed by atoms with van der Waals surface area (Å²) in [6, 6.07) is 15.4. The van der Waals surface area contributed by atoms with Crippen molar-refractivity contribution in [3.63, 3.8) is 0 Å². The molecule has 1 heterocycles. The lowest BCUT2D eigenvalue weighted by Gasteiger charge is -2.34. The van der Waals surface area contributed by atoms with Gasteiger partial charge in [-0.25, -0.2) is 0 Å². The van der Waals surface area contributed by atoms with E-state index in [1.165, 1.54) is 0 Å². The molecule has 0 atom stereocenters. The molecule has 0 aliphatic carbocycles. The van der Waals surface area contributed by atoms with Gasteiger partial charge < -0.3 is 14.5 Å². The summed E-state index contributed by atoms with van der Waals surface area (Å²) in [5.74, 6) is 0.647. The highest BCUT2D eigenvalue weighted by molar-refractivity contribution is 6.31. The van der Waals surface area contributed by atoms with Crippen molar-refractivity contribution in [1.29, 1.82) is 0 Å². The molecule has 0 aromatic heterocycles. The number of hydrogen-bond acceptors (Lipinski definition) is 3. The third-order valence-electron chi connectivity index (χ3n) is 4.96. The number of ether oxygens (including phenoxy) is 1. The van der Waals surface area contributed by atoms with Crippen LogP contribution in [0.1, 0.15) is 17.5 Å². The van der Waals surface area contributed by atoms with Gasteiger partial charge >= 0.3 is 0 Å². The molecule has 0 radical (unpaired) electrons. The standard InChI is InChI=1S/C22H25ClN2O3/c1-17-7-9-19(15-20(17)23)28-16-22(27)25-13-11-24(12-14-25)21(26)10-8-18-5-3-2-4-6-18/h2-7,9,15H,8,10-14,16H2,1H3. The van der Waals surface area contributed by atoms with Crippen LogP contribution in [0.4, 0.5) is 0 Å². The minimum atomic E-state index is -0.0759. The molecule has 2 aromatic rings. The van der Waals surface area contributed by atoms with Gasteiger partial charge in [0.1, 0.15) is 5.75 Å². The van der Waals surface area contributed by atoms with Gasteiger partial charge in [0.05, 0.1) is 0 Å². The number of carbonyl (C=O) groups excluding carboxylic acids is 2. The Morgan fingerprint density at radius 3 is 2.25 bits per heavy atom. The van der Waals surface area contributed by atoms with E-state index in [9.17, 15) is 9.59 Å². The normalized spacial score (nSPS) is 14.1. The van der Waals surface area contributed by atoms with E-state index in [4.69, 9.17) is 16.3 Å². The monoisotopic (exact) mass is 400 g/mol. The van der Waals surface area contributed by atoms with Crippen LogP contribution in [0.15, 0.2) is 48.5 Å². The van der Waals surface area contributed by atoms with E-state index in [0.29, 0.717) is 43.4 Å². The number of benzene rings is 2. The number of aryl methyl sites for hydroxylation is 2. The van der Waals surface area contributed by atoms with Gasteiger partial charge in [0, 0.05) is 37.6 Å². The third-order valence-corrected chi connectivity index (χ3v) is 5.37. The number of amides is 2. The zero-order chi connectivity index (χ0) is 19.9. The molecule has 1 aliphatic rings. The van der Waals surface area contributed by atoms with Gasteiger partial charge in [0.25, 0.3) is 5.91 Å². The molecule has 148 valence electrons. The molecule has 5 nitrogen and oxygen atoms in total. The maximum absolute atomic E-state index is 12.4. The van der Waals surface area contributed by atoms with Gasteiger partial charge in [-0.05, 0) is 36.6 Å². The molecule has 6 heteroatoms. The second kappa shape index (κ2) is 9.60. The highest BCUT2D eigenvalue weighted by Crippen LogP contribution is 2.21. The van der Waals surface area contributed by atoms with Gasteiger partial charge in [-0.15, -0.1) is 0 Å². The quantitative estimate of drug-likeness (QED) is 0.747. The lowest BCUT2D eigenvalue weighted by molar-refractivity contribution is -0.140. The van der Waals surface area contributed by atoms with Crippen LogP contribution < -0.4 is 4.74 Å². The zero-order valence-electron chi connectivity index (χ0n) is 16.1. The first-order chi connectivity index (χ1) is 13.5. The molecule has 2 amide bonds. The molecule has 0 N–H and O–H groups in total. The number of piperazine rings is 1. The number of halogens is 1. The Morgan fingerprint density at radius 2 is 1.61 bits per heavy atom. The summed E-state index contributed by atoms with van der Waals surface area (Å²) < 4.78 is 5.56. The maximum atomic E-state index is 12.4. The Balaban J connectivity index is 1.40. The smallest absolute Gasteiger partial charge is 0.260 e. The van der Waals surface area contributed by atoms with Crippen molar-refractivity contribution in [2.45, 2.75) is 19.8 Å². The largest absolute Gasteiger partial charge is 0.484 e. The van der Waals surface area contributed by atoms with Crippen LogP contribution in [0.5, 0.6) is 5.75 Å². The summed E-state index contributed by atoms with van der Waals surface area (Å²) in [5.41, 5.74) is 2.13. The minimum Gasteiger partial charge on any atom is -0.484 e. The molecular weight excluding hydrogens is 376 g/mol. The predicted molar refractivity (Wildman–Crippen MR) is 110 cm³/mol. The van der Waals surface area contributed by atoms with Crippen molar-refractivity contribution < 1.29 is 14.3 Å². The fourth-order valence-corrected chi connectivity index (χ4v) is 3.33. The van der Waals surface area contributed by atoms with E-state index < -0.39 is 0 Å². The predicted octanol–water partition coefficient (Wildman–Crippen LogP) is 3.33. The first-order valence-corrected chi connectivity index (χ1v) is 9.89. The Kier molecular flexibility index (Phi) is 6.93. The summed E-state index contributed by atoms with van der Waals surface area (Å²) >= 11 is 6.08. The summed E-state index contributed by atoms with van der Waals surface area (Å²) in [7, 11) is 0. The minimum absolute atomic E-state index is 0.0264. The average Bonchev–Trinajstić information content (AvgIpc) is 2.73. The van der Waals surface area contributed by atoms with Gasteiger partial charge in [0.15, 0.2) is 6.61 Å². The second-order valence-electron chi connectivity index (χ2n) is 6.95. The van der Waals surface area contributed by atoms with Crippen LogP contribution in [0.2, 0.25) is 5.02 Å². The van der Waals surface area contributed by atoms with E-state index in [2.05, 4.69) is 0 Å². The Labute approximate surface area is 170 Å². The summed E-state index contributed by atoms with van der Waals surface area (Å²) in [5, 5.41) is 0.618. The zero-order valence-corrected chi connectivity index (χ0v) is 16.8. The van der Waals surface area contributed by atoms with E-state index in [1.54, 1.807) is 17.0 Å². The Bertz CT molecular complexity index is 818. The van der Waals surface area contributed by atoms with Crippen molar-refractivity contribution in [1.82, 2.24) is 9.80 Å². The van der Waals surface area contributed by atoms with Crippen LogP contribution in [0.3, 0.4) is 0 Å². The summed E-state index contributed by atoms with van der Waals surface area (Å²) in [6.07, 6.45) is 1.24. The first kappa shape index (κ1) is 20.2. The molecule has 1 fully saturated rings. The number of rotatable bonds is 6. The molecule has 0 spiro atoms. The Hall–Kier alpha value is -2.53. The van der Waals surface area contributed by atoms with Gasteiger partial charge in [-0.2, -0.15) is 0 Å². The highest BCUT2D eigenvalue weighted by atomic mass is 35.5. The number of nitrogens with zero attached hydrogens (tertiary/aromatic N) is 2. The average molecular weight is 401 g/mol. The molecule has 3 rings (SSSR count). The lowest BCUT2D eigenvalue weighted by Crippen LogP contribution is -2.51. The van der Waals surface area contributed by atoms with Gasteiger partial charge in [0.2, 0.25) is 5.91 Å².